The third kappa shape index (κ3) is 4.50. The fourth-order valence-corrected chi connectivity index (χ4v) is 3.97. The topological polar surface area (TPSA) is 183 Å². The van der Waals surface area contributed by atoms with Crippen molar-refractivity contribution in [2.24, 2.45) is 0 Å². The first-order valence-electron chi connectivity index (χ1n) is 10.3. The van der Waals surface area contributed by atoms with Gasteiger partial charge in [0.05, 0.1) is 12.9 Å². The van der Waals surface area contributed by atoms with Crippen LogP contribution in [-0.2, 0) is 25.5 Å². The number of aryl methyl sites for hydroxylation is 1. The predicted octanol–water partition coefficient (Wildman–Crippen LogP) is 1.13. The van der Waals surface area contributed by atoms with Crippen LogP contribution in [0.15, 0.2) is 30.6 Å². The van der Waals surface area contributed by atoms with E-state index < -0.39 is 55.2 Å². The SMILES string of the molecule is Cc1ccc(CC(OC[C@H]2O[C@@H](n3cnc4c(N)nc(Cl)nc43)[C@@H](F)[C@@H]2O)(C(=O)O)C(=O)O)cc1. The zero-order chi connectivity index (χ0) is 25.5. The van der Waals surface area contributed by atoms with Gasteiger partial charge < -0.3 is 30.5 Å². The molecule has 2 aromatic heterocycles. The molecule has 0 bridgehead atoms. The van der Waals surface area contributed by atoms with Crippen LogP contribution in [0.25, 0.3) is 11.2 Å². The van der Waals surface area contributed by atoms with Crippen molar-refractivity contribution >= 4 is 40.5 Å². The molecule has 0 unspecified atom stereocenters. The molecule has 186 valence electrons. The van der Waals surface area contributed by atoms with Gasteiger partial charge in [-0.2, -0.15) is 9.97 Å². The molecule has 4 rings (SSSR count). The fraction of sp³-hybridized carbons (Fsp3) is 0.381. The molecule has 35 heavy (non-hydrogen) atoms. The molecule has 0 aliphatic carbocycles. The number of carbonyl (C=O) groups is 2. The quantitative estimate of drug-likeness (QED) is 0.252. The maximum atomic E-state index is 15.0. The van der Waals surface area contributed by atoms with Crippen LogP contribution in [0, 0.1) is 6.92 Å². The first-order valence-corrected chi connectivity index (χ1v) is 10.7. The van der Waals surface area contributed by atoms with Gasteiger partial charge in [0.2, 0.25) is 5.28 Å². The molecule has 3 heterocycles. The number of carboxylic acid groups (broad SMARTS) is 2. The summed E-state index contributed by atoms with van der Waals surface area (Å²) < 4.78 is 27.1. The number of hydrogen-bond donors (Lipinski definition) is 4. The maximum Gasteiger partial charge on any atom is 0.348 e. The highest BCUT2D eigenvalue weighted by molar-refractivity contribution is 6.28. The number of nitrogens with zero attached hydrogens (tertiary/aromatic N) is 4. The number of aromatic nitrogens is 4. The minimum Gasteiger partial charge on any atom is -0.479 e. The Hall–Kier alpha value is -3.39. The Morgan fingerprint density at radius 1 is 1.26 bits per heavy atom. The van der Waals surface area contributed by atoms with Crippen LogP contribution in [0.1, 0.15) is 17.4 Å². The number of alkyl halides is 1. The van der Waals surface area contributed by atoms with E-state index in [4.69, 9.17) is 26.8 Å². The van der Waals surface area contributed by atoms with Crippen molar-refractivity contribution < 1.29 is 38.8 Å². The number of ether oxygens (including phenoxy) is 2. The van der Waals surface area contributed by atoms with Crippen molar-refractivity contribution in [2.45, 2.75) is 43.6 Å². The van der Waals surface area contributed by atoms with Gasteiger partial charge in [-0.1, -0.05) is 29.8 Å². The Morgan fingerprint density at radius 2 is 1.91 bits per heavy atom. The van der Waals surface area contributed by atoms with E-state index in [1.807, 2.05) is 6.92 Å². The summed E-state index contributed by atoms with van der Waals surface area (Å²) in [6.45, 7) is 1.09. The fourth-order valence-electron chi connectivity index (χ4n) is 3.80. The molecule has 1 aromatic carbocycles. The summed E-state index contributed by atoms with van der Waals surface area (Å²) in [5, 5.41) is 29.7. The minimum atomic E-state index is -2.70. The summed E-state index contributed by atoms with van der Waals surface area (Å²) in [5.74, 6) is -3.56. The predicted molar refractivity (Wildman–Crippen MR) is 118 cm³/mol. The number of aliphatic hydroxyl groups excluding tert-OH is 1. The molecule has 1 fully saturated rings. The van der Waals surface area contributed by atoms with Gasteiger partial charge in [-0.15, -0.1) is 0 Å². The molecule has 0 amide bonds. The summed E-state index contributed by atoms with van der Waals surface area (Å²) in [6.07, 6.45) is -5.98. The van der Waals surface area contributed by atoms with E-state index >= 15 is 4.39 Å². The summed E-state index contributed by atoms with van der Waals surface area (Å²) in [6, 6.07) is 6.56. The second kappa shape index (κ2) is 9.34. The standard InChI is InChI=1S/C21H21ClFN5O7/c1-9-2-4-10(5-3-9)6-21(18(30)31,19(32)33)34-7-11-14(29)12(23)17(35-11)28-8-25-13-15(24)26-20(22)27-16(13)28/h2-5,8,11-12,14,17,29H,6-7H2,1H3,(H,30,31)(H,32,33)(H2,24,26,27)/t11-,12+,14-,17-/m1/s1. The Kier molecular flexibility index (Phi) is 6.60. The zero-order valence-corrected chi connectivity index (χ0v) is 19.0. The van der Waals surface area contributed by atoms with E-state index in [0.717, 1.165) is 10.1 Å². The lowest BCUT2D eigenvalue weighted by molar-refractivity contribution is -0.190. The van der Waals surface area contributed by atoms with Gasteiger partial charge in [0.25, 0.3) is 5.60 Å². The number of rotatable bonds is 8. The molecule has 1 aliphatic rings. The molecule has 0 saturated carbocycles. The summed E-state index contributed by atoms with van der Waals surface area (Å²) >= 11 is 5.83. The first-order chi connectivity index (χ1) is 16.5. The molecule has 1 aliphatic heterocycles. The number of hydrogen-bond acceptors (Lipinski definition) is 9. The van der Waals surface area contributed by atoms with Crippen LogP contribution in [0.5, 0.6) is 0 Å². The number of carboxylic acids is 2. The summed E-state index contributed by atoms with van der Waals surface area (Å²) in [7, 11) is 0. The van der Waals surface area contributed by atoms with Crippen LogP contribution in [0.3, 0.4) is 0 Å². The van der Waals surface area contributed by atoms with E-state index in [9.17, 15) is 24.9 Å². The van der Waals surface area contributed by atoms with Crippen LogP contribution in [-0.4, -0.2) is 77.4 Å². The van der Waals surface area contributed by atoms with E-state index in [2.05, 4.69) is 15.0 Å². The van der Waals surface area contributed by atoms with Crippen LogP contribution in [0.4, 0.5) is 10.2 Å². The van der Waals surface area contributed by atoms with Crippen LogP contribution in [0.2, 0.25) is 5.28 Å². The number of imidazole rings is 1. The highest BCUT2D eigenvalue weighted by atomic mass is 35.5. The number of benzene rings is 1. The van der Waals surface area contributed by atoms with Gasteiger partial charge in [0, 0.05) is 6.42 Å². The third-order valence-electron chi connectivity index (χ3n) is 5.75. The van der Waals surface area contributed by atoms with Crippen molar-refractivity contribution in [3.05, 3.63) is 47.0 Å². The van der Waals surface area contributed by atoms with Gasteiger partial charge in [-0.25, -0.2) is 19.0 Å². The van der Waals surface area contributed by atoms with Crippen molar-refractivity contribution in [1.29, 1.82) is 0 Å². The van der Waals surface area contributed by atoms with Crippen LogP contribution >= 0.6 is 11.6 Å². The molecule has 5 N–H and O–H groups in total. The Bertz CT molecular complexity index is 1260. The lowest BCUT2D eigenvalue weighted by atomic mass is 9.93. The molecule has 3 aromatic rings. The monoisotopic (exact) mass is 509 g/mol. The smallest absolute Gasteiger partial charge is 0.348 e. The molecular formula is C21H21ClFN5O7. The van der Waals surface area contributed by atoms with Crippen molar-refractivity contribution in [1.82, 2.24) is 19.5 Å². The van der Waals surface area contributed by atoms with E-state index in [-0.39, 0.29) is 22.3 Å². The molecule has 14 heteroatoms. The van der Waals surface area contributed by atoms with Gasteiger partial charge in [0.1, 0.15) is 17.7 Å². The minimum absolute atomic E-state index is 0.0450. The first kappa shape index (κ1) is 24.7. The molecule has 4 atom stereocenters. The average Bonchev–Trinajstić information content (AvgIpc) is 3.33. The highest BCUT2D eigenvalue weighted by Gasteiger charge is 2.52. The van der Waals surface area contributed by atoms with Gasteiger partial charge in [-0.3, -0.25) is 4.57 Å². The lowest BCUT2D eigenvalue weighted by Gasteiger charge is -2.27. The Labute approximate surface area is 202 Å². The zero-order valence-electron chi connectivity index (χ0n) is 18.2. The summed E-state index contributed by atoms with van der Waals surface area (Å²) in [4.78, 5) is 35.8. The number of nitrogen functional groups attached to an aromatic ring is 1. The van der Waals surface area contributed by atoms with Gasteiger partial charge in [0.15, 0.2) is 23.9 Å². The number of aliphatic carboxylic acids is 2. The number of anilines is 1. The maximum absolute atomic E-state index is 15.0. The number of halogens is 2. The van der Waals surface area contributed by atoms with E-state index in [1.165, 1.54) is 6.33 Å². The second-order valence-electron chi connectivity index (χ2n) is 8.11. The molecular weight excluding hydrogens is 489 g/mol. The van der Waals surface area contributed by atoms with Crippen LogP contribution < -0.4 is 5.73 Å². The van der Waals surface area contributed by atoms with Gasteiger partial charge in [-0.05, 0) is 24.1 Å². The number of aliphatic hydroxyl groups is 1. The van der Waals surface area contributed by atoms with E-state index in [0.29, 0.717) is 5.56 Å². The second-order valence-corrected chi connectivity index (χ2v) is 8.45. The Balaban J connectivity index is 1.57. The highest BCUT2D eigenvalue weighted by Crippen LogP contribution is 2.35. The molecule has 12 nitrogen and oxygen atoms in total. The molecule has 0 radical (unpaired) electrons. The molecule has 0 spiro atoms. The molecule has 1 saturated heterocycles. The normalized spacial score (nSPS) is 22.5. The largest absolute Gasteiger partial charge is 0.479 e. The van der Waals surface area contributed by atoms with E-state index in [1.54, 1.807) is 24.3 Å². The third-order valence-corrected chi connectivity index (χ3v) is 5.92. The average molecular weight is 510 g/mol. The lowest BCUT2D eigenvalue weighted by Crippen LogP contribution is -2.52. The Morgan fingerprint density at radius 3 is 2.54 bits per heavy atom. The summed E-state index contributed by atoms with van der Waals surface area (Å²) in [5.41, 5.74) is 4.54. The van der Waals surface area contributed by atoms with Crippen molar-refractivity contribution in [2.75, 3.05) is 12.3 Å². The van der Waals surface area contributed by atoms with Crippen molar-refractivity contribution in [3.8, 4) is 0 Å². The number of fused-ring (bicyclic) bond motifs is 1. The number of nitrogens with two attached hydrogens (primary N) is 1. The van der Waals surface area contributed by atoms with Gasteiger partial charge >= 0.3 is 11.9 Å². The van der Waals surface area contributed by atoms with Crippen molar-refractivity contribution in [3.63, 3.8) is 0 Å².